The minimum absolute atomic E-state index is 0.129. The first kappa shape index (κ1) is 24.9. The molecule has 4 N–H and O–H groups in total. The Morgan fingerprint density at radius 2 is 2.00 bits per heavy atom. The van der Waals surface area contributed by atoms with E-state index in [9.17, 15) is 8.42 Å². The minimum Gasteiger partial charge on any atom is -0.447 e. The highest BCUT2D eigenvalue weighted by Gasteiger charge is 2.32. The molecule has 0 spiro atoms. The fourth-order valence-corrected chi connectivity index (χ4v) is 4.74. The minimum atomic E-state index is -3.35. The summed E-state index contributed by atoms with van der Waals surface area (Å²) in [5.41, 5.74) is 13.8. The predicted molar refractivity (Wildman–Crippen MR) is 131 cm³/mol. The molecule has 2 aliphatic rings. The van der Waals surface area contributed by atoms with E-state index < -0.39 is 21.3 Å². The van der Waals surface area contributed by atoms with Crippen molar-refractivity contribution in [1.29, 1.82) is 0 Å². The first-order valence-corrected chi connectivity index (χ1v) is 12.4. The summed E-state index contributed by atoms with van der Waals surface area (Å²) in [6.45, 7) is 10.9. The molecule has 0 saturated carbocycles. The fourth-order valence-electron chi connectivity index (χ4n) is 3.68. The highest BCUT2D eigenvalue weighted by Crippen LogP contribution is 2.24. The summed E-state index contributed by atoms with van der Waals surface area (Å²) in [6, 6.07) is 6.79. The summed E-state index contributed by atoms with van der Waals surface area (Å²) in [5, 5.41) is 5.64. The third-order valence-electron chi connectivity index (χ3n) is 5.70. The summed E-state index contributed by atoms with van der Waals surface area (Å²) in [6.07, 6.45) is 0.295. The summed E-state index contributed by atoms with van der Waals surface area (Å²) in [5.74, 6) is 0.687. The Balaban J connectivity index is 1.80. The van der Waals surface area contributed by atoms with E-state index in [2.05, 4.69) is 26.7 Å². The second kappa shape index (κ2) is 10.0. The Labute approximate surface area is 195 Å². The molecule has 1 aromatic carbocycles. The predicted octanol–water partition coefficient (Wildman–Crippen LogP) is 1.14. The van der Waals surface area contributed by atoms with E-state index in [-0.39, 0.29) is 16.8 Å². The van der Waals surface area contributed by atoms with Crippen molar-refractivity contribution >= 4 is 28.2 Å². The lowest BCUT2D eigenvalue weighted by Gasteiger charge is -2.20. The van der Waals surface area contributed by atoms with Crippen molar-refractivity contribution in [2.75, 3.05) is 26.7 Å². The SMILES string of the molecule is C=N/C(N)=C(\N=C(/C)c1ccc(S(=O)(=O)C(C)C)cc1)C1OC(CN2CCC(N)C2)=NN1C. The van der Waals surface area contributed by atoms with Crippen molar-refractivity contribution in [3.05, 3.63) is 41.3 Å². The third-order valence-corrected chi connectivity index (χ3v) is 7.87. The van der Waals surface area contributed by atoms with E-state index >= 15 is 0 Å². The van der Waals surface area contributed by atoms with Gasteiger partial charge in [0.2, 0.25) is 12.1 Å². The van der Waals surface area contributed by atoms with Gasteiger partial charge in [-0.05, 0) is 51.6 Å². The van der Waals surface area contributed by atoms with Gasteiger partial charge in [0.1, 0.15) is 11.5 Å². The summed E-state index contributed by atoms with van der Waals surface area (Å²) in [4.78, 5) is 11.0. The zero-order valence-electron chi connectivity index (χ0n) is 19.6. The quantitative estimate of drug-likeness (QED) is 0.538. The molecule has 3 rings (SSSR count). The van der Waals surface area contributed by atoms with E-state index in [4.69, 9.17) is 16.2 Å². The van der Waals surface area contributed by atoms with Gasteiger partial charge in [0, 0.05) is 31.9 Å². The van der Waals surface area contributed by atoms with Gasteiger partial charge >= 0.3 is 0 Å². The van der Waals surface area contributed by atoms with Crippen LogP contribution in [0.2, 0.25) is 0 Å². The van der Waals surface area contributed by atoms with Crippen LogP contribution in [-0.2, 0) is 14.6 Å². The maximum atomic E-state index is 12.4. The number of likely N-dealkylation sites (tertiary alicyclic amines) is 1. The molecule has 2 unspecified atom stereocenters. The van der Waals surface area contributed by atoms with Gasteiger partial charge in [-0.25, -0.2) is 18.4 Å². The molecule has 1 saturated heterocycles. The van der Waals surface area contributed by atoms with Crippen LogP contribution in [0.4, 0.5) is 0 Å². The lowest BCUT2D eigenvalue weighted by molar-refractivity contribution is 0.105. The number of hydrazone groups is 1. The van der Waals surface area contributed by atoms with E-state index in [0.717, 1.165) is 25.1 Å². The molecule has 33 heavy (non-hydrogen) atoms. The van der Waals surface area contributed by atoms with Gasteiger partial charge in [-0.15, -0.1) is 5.10 Å². The Morgan fingerprint density at radius 1 is 1.33 bits per heavy atom. The number of nitrogens with two attached hydrogens (primary N) is 2. The van der Waals surface area contributed by atoms with Crippen LogP contribution in [0.25, 0.3) is 0 Å². The highest BCUT2D eigenvalue weighted by atomic mass is 32.2. The number of nitrogens with zero attached hydrogens (tertiary/aromatic N) is 5. The van der Waals surface area contributed by atoms with Crippen LogP contribution in [0.1, 0.15) is 32.8 Å². The number of sulfone groups is 1. The van der Waals surface area contributed by atoms with Crippen LogP contribution >= 0.6 is 0 Å². The largest absolute Gasteiger partial charge is 0.447 e. The number of hydrogen-bond acceptors (Lipinski definition) is 10. The average molecular weight is 476 g/mol. The first-order valence-electron chi connectivity index (χ1n) is 10.8. The van der Waals surface area contributed by atoms with Crippen molar-refractivity contribution in [2.45, 2.75) is 49.6 Å². The van der Waals surface area contributed by atoms with Gasteiger partial charge in [0.25, 0.3) is 0 Å². The molecule has 2 aliphatic heterocycles. The Hall–Kier alpha value is -2.76. The molecular formula is C22H33N7O3S. The fraction of sp³-hybridized carbons (Fsp3) is 0.500. The zero-order valence-corrected chi connectivity index (χ0v) is 20.4. The maximum absolute atomic E-state index is 12.4. The van der Waals surface area contributed by atoms with Gasteiger partial charge in [0.05, 0.1) is 16.7 Å². The molecule has 0 aromatic heterocycles. The van der Waals surface area contributed by atoms with Crippen LogP contribution in [0, 0.1) is 0 Å². The number of hydrogen-bond donors (Lipinski definition) is 2. The van der Waals surface area contributed by atoms with Crippen LogP contribution in [-0.4, -0.2) is 80.9 Å². The van der Waals surface area contributed by atoms with Gasteiger partial charge < -0.3 is 16.2 Å². The van der Waals surface area contributed by atoms with Crippen molar-refractivity contribution in [1.82, 2.24) is 9.91 Å². The molecule has 0 amide bonds. The average Bonchev–Trinajstić information content (AvgIpc) is 3.35. The van der Waals surface area contributed by atoms with Crippen molar-refractivity contribution < 1.29 is 13.2 Å². The van der Waals surface area contributed by atoms with Crippen LogP contribution in [0.5, 0.6) is 0 Å². The van der Waals surface area contributed by atoms with E-state index in [1.165, 1.54) is 0 Å². The second-order valence-electron chi connectivity index (χ2n) is 8.57. The molecule has 10 nitrogen and oxygen atoms in total. The van der Waals surface area contributed by atoms with Gasteiger partial charge in [-0.1, -0.05) is 12.1 Å². The Bertz CT molecular complexity index is 1080. The molecule has 1 fully saturated rings. The number of benzene rings is 1. The Morgan fingerprint density at radius 3 is 2.55 bits per heavy atom. The molecule has 2 heterocycles. The maximum Gasteiger partial charge on any atom is 0.235 e. The van der Waals surface area contributed by atoms with E-state index in [1.807, 2.05) is 6.92 Å². The summed E-state index contributed by atoms with van der Waals surface area (Å²) >= 11 is 0. The first-order chi connectivity index (χ1) is 15.5. The van der Waals surface area contributed by atoms with Gasteiger partial charge in [-0.3, -0.25) is 9.91 Å². The smallest absolute Gasteiger partial charge is 0.235 e. The standard InChI is InChI=1S/C22H33N7O3S/c1-14(2)33(30,31)18-8-6-16(7-9-18)15(3)26-20(21(24)25-4)22-28(5)27-19(32-22)13-29-11-10-17(23)12-29/h6-9,14,17,22H,4,10-13,23-24H2,1-3,5H3/b21-20-,26-15+. The summed E-state index contributed by atoms with van der Waals surface area (Å²) in [7, 11) is -1.57. The second-order valence-corrected chi connectivity index (χ2v) is 11.1. The van der Waals surface area contributed by atoms with E-state index in [0.29, 0.717) is 23.9 Å². The van der Waals surface area contributed by atoms with E-state index in [1.54, 1.807) is 50.2 Å². The number of aliphatic imine (C=N–C) groups is 2. The van der Waals surface area contributed by atoms with Crippen molar-refractivity contribution in [3.8, 4) is 0 Å². The normalized spacial score (nSPS) is 22.9. The Kier molecular flexibility index (Phi) is 7.55. The van der Waals surface area contributed by atoms with Crippen LogP contribution in [0.3, 0.4) is 0 Å². The number of ether oxygens (including phenoxy) is 1. The molecule has 11 heteroatoms. The molecular weight excluding hydrogens is 442 g/mol. The van der Waals surface area contributed by atoms with Gasteiger partial charge in [-0.2, -0.15) is 0 Å². The van der Waals surface area contributed by atoms with Crippen molar-refractivity contribution in [3.63, 3.8) is 0 Å². The molecule has 1 aromatic rings. The number of likely N-dealkylation sites (N-methyl/N-ethyl adjacent to an activating group) is 1. The van der Waals surface area contributed by atoms with Crippen LogP contribution < -0.4 is 11.5 Å². The molecule has 2 atom stereocenters. The topological polar surface area (TPSA) is 139 Å². The molecule has 0 radical (unpaired) electrons. The third kappa shape index (κ3) is 5.60. The lowest BCUT2D eigenvalue weighted by atomic mass is 10.1. The lowest BCUT2D eigenvalue weighted by Crippen LogP contribution is -2.33. The summed E-state index contributed by atoms with van der Waals surface area (Å²) < 4.78 is 30.8. The van der Waals surface area contributed by atoms with Crippen LogP contribution in [0.15, 0.2) is 55.8 Å². The zero-order chi connectivity index (χ0) is 24.3. The molecule has 0 aliphatic carbocycles. The molecule has 0 bridgehead atoms. The molecule has 180 valence electrons. The highest BCUT2D eigenvalue weighted by molar-refractivity contribution is 7.92. The monoisotopic (exact) mass is 475 g/mol. The number of rotatable bonds is 8. The van der Waals surface area contributed by atoms with Crippen molar-refractivity contribution in [2.24, 2.45) is 26.6 Å². The van der Waals surface area contributed by atoms with Gasteiger partial charge in [0.15, 0.2) is 9.84 Å².